The van der Waals surface area contributed by atoms with E-state index < -0.39 is 10.8 Å². The molecule has 8 heteroatoms. The molecule has 0 radical (unpaired) electrons. The zero-order valence-corrected chi connectivity index (χ0v) is 19.7. The highest BCUT2D eigenvalue weighted by atomic mass is 32.2. The first-order valence-corrected chi connectivity index (χ1v) is 11.9. The lowest BCUT2D eigenvalue weighted by Gasteiger charge is -2.30. The van der Waals surface area contributed by atoms with Gasteiger partial charge in [-0.05, 0) is 30.2 Å². The van der Waals surface area contributed by atoms with Gasteiger partial charge >= 0.3 is 0 Å². The molecule has 0 aliphatic carbocycles. The Morgan fingerprint density at radius 2 is 1.77 bits per heavy atom. The number of carbonyl (C=O) groups is 1. The van der Waals surface area contributed by atoms with Crippen LogP contribution in [0.4, 0.5) is 11.4 Å². The number of nitrogens with one attached hydrogen (secondary N) is 2. The topological polar surface area (TPSA) is 108 Å². The van der Waals surface area contributed by atoms with Crippen LogP contribution in [0.3, 0.4) is 0 Å². The second-order valence-electron chi connectivity index (χ2n) is 7.90. The molecule has 0 saturated carbocycles. The van der Waals surface area contributed by atoms with E-state index in [9.17, 15) is 20.2 Å². The third-order valence-corrected chi connectivity index (χ3v) is 6.65. The van der Waals surface area contributed by atoms with Crippen molar-refractivity contribution in [1.82, 2.24) is 5.32 Å². The van der Waals surface area contributed by atoms with Gasteiger partial charge < -0.3 is 10.6 Å². The van der Waals surface area contributed by atoms with E-state index >= 15 is 0 Å². The molecule has 1 amide bonds. The number of non-ortho nitro benzene ring substituents is 1. The van der Waals surface area contributed by atoms with E-state index in [-0.39, 0.29) is 11.6 Å². The molecule has 0 bridgehead atoms. The van der Waals surface area contributed by atoms with Crippen LogP contribution in [0.25, 0.3) is 0 Å². The number of thioether (sulfide) groups is 1. The normalized spacial score (nSPS) is 15.3. The lowest BCUT2D eigenvalue weighted by atomic mass is 9.82. The molecule has 4 rings (SSSR count). The van der Waals surface area contributed by atoms with Crippen LogP contribution in [-0.2, 0) is 10.5 Å². The molecule has 3 aromatic rings. The van der Waals surface area contributed by atoms with Crippen molar-refractivity contribution in [3.05, 3.63) is 128 Å². The monoisotopic (exact) mass is 482 g/mol. The van der Waals surface area contributed by atoms with Crippen LogP contribution in [0.5, 0.6) is 0 Å². The smallest absolute Gasteiger partial charge is 0.269 e. The molecule has 2 N–H and O–H groups in total. The van der Waals surface area contributed by atoms with Gasteiger partial charge in [-0.15, -0.1) is 11.8 Å². The highest BCUT2D eigenvalue weighted by Crippen LogP contribution is 2.42. The summed E-state index contributed by atoms with van der Waals surface area (Å²) in [5, 5.41) is 28.4. The summed E-state index contributed by atoms with van der Waals surface area (Å²) < 4.78 is 0. The number of hydrogen-bond acceptors (Lipinski definition) is 6. The first kappa shape index (κ1) is 23.8. The van der Waals surface area contributed by atoms with Gasteiger partial charge in [0.15, 0.2) is 0 Å². The molecule has 3 aromatic carbocycles. The van der Waals surface area contributed by atoms with E-state index in [1.807, 2.05) is 48.5 Å². The van der Waals surface area contributed by atoms with E-state index in [1.54, 1.807) is 31.2 Å². The minimum atomic E-state index is -0.761. The van der Waals surface area contributed by atoms with Crippen molar-refractivity contribution in [2.24, 2.45) is 0 Å². The van der Waals surface area contributed by atoms with Crippen LogP contribution in [0.15, 0.2) is 107 Å². The number of nitriles is 1. The molecule has 1 heterocycles. The third-order valence-electron chi connectivity index (χ3n) is 5.56. The van der Waals surface area contributed by atoms with Gasteiger partial charge in [-0.2, -0.15) is 5.26 Å². The van der Waals surface area contributed by atoms with Crippen LogP contribution < -0.4 is 10.6 Å². The highest BCUT2D eigenvalue weighted by molar-refractivity contribution is 8.02. The summed E-state index contributed by atoms with van der Waals surface area (Å²) in [7, 11) is 0. The maximum absolute atomic E-state index is 13.4. The fourth-order valence-corrected chi connectivity index (χ4v) is 4.98. The fraction of sp³-hybridized carbons (Fsp3) is 0.111. The molecule has 35 heavy (non-hydrogen) atoms. The molecule has 7 nitrogen and oxygen atoms in total. The fourth-order valence-electron chi connectivity index (χ4n) is 3.93. The van der Waals surface area contributed by atoms with E-state index in [1.165, 1.54) is 23.9 Å². The summed E-state index contributed by atoms with van der Waals surface area (Å²) in [5.41, 5.74) is 3.38. The van der Waals surface area contributed by atoms with Gasteiger partial charge in [-0.25, -0.2) is 0 Å². The van der Waals surface area contributed by atoms with Gasteiger partial charge in [0.1, 0.15) is 0 Å². The zero-order chi connectivity index (χ0) is 24.8. The number of rotatable bonds is 7. The maximum Gasteiger partial charge on any atom is 0.269 e. The van der Waals surface area contributed by atoms with E-state index in [0.717, 1.165) is 5.56 Å². The largest absolute Gasteiger partial charge is 0.353 e. The summed E-state index contributed by atoms with van der Waals surface area (Å²) in [6.45, 7) is 1.78. The average molecular weight is 483 g/mol. The van der Waals surface area contributed by atoms with Crippen LogP contribution in [0, 0.1) is 21.4 Å². The molecular formula is C27H22N4O3S. The molecule has 0 spiro atoms. The number of nitrogens with zero attached hydrogens (tertiary/aromatic N) is 2. The first-order chi connectivity index (χ1) is 17.0. The molecular weight excluding hydrogens is 460 g/mol. The predicted molar refractivity (Wildman–Crippen MR) is 137 cm³/mol. The Balaban J connectivity index is 1.76. The Morgan fingerprint density at radius 3 is 2.43 bits per heavy atom. The number of dihydropyridines is 1. The van der Waals surface area contributed by atoms with Crippen molar-refractivity contribution in [1.29, 1.82) is 5.26 Å². The van der Waals surface area contributed by atoms with Crippen molar-refractivity contribution >= 4 is 29.0 Å². The van der Waals surface area contributed by atoms with E-state index in [2.05, 4.69) is 16.7 Å². The van der Waals surface area contributed by atoms with Gasteiger partial charge in [-0.1, -0.05) is 60.7 Å². The average Bonchev–Trinajstić information content (AvgIpc) is 2.88. The van der Waals surface area contributed by atoms with Gasteiger partial charge in [0.25, 0.3) is 11.6 Å². The van der Waals surface area contributed by atoms with Crippen LogP contribution >= 0.6 is 11.8 Å². The van der Waals surface area contributed by atoms with Crippen LogP contribution in [-0.4, -0.2) is 10.8 Å². The molecule has 174 valence electrons. The number of amides is 1. The van der Waals surface area contributed by atoms with E-state index in [0.29, 0.717) is 38.9 Å². The molecule has 0 aromatic heterocycles. The number of allylic oxidation sites excluding steroid dienone is 2. The Morgan fingerprint density at radius 1 is 1.09 bits per heavy atom. The predicted octanol–water partition coefficient (Wildman–Crippen LogP) is 5.86. The number of para-hydroxylation sites is 1. The number of carbonyl (C=O) groups excluding carboxylic acids is 1. The molecule has 0 saturated heterocycles. The van der Waals surface area contributed by atoms with Crippen molar-refractivity contribution in [3.8, 4) is 6.07 Å². The van der Waals surface area contributed by atoms with Crippen molar-refractivity contribution < 1.29 is 9.72 Å². The van der Waals surface area contributed by atoms with Crippen molar-refractivity contribution in [2.75, 3.05) is 5.32 Å². The third kappa shape index (κ3) is 5.42. The standard InChI is InChI=1S/C27H22N4O3S/c1-18-24(26(32)30-21-12-6-3-7-13-21)25(20-11-8-14-22(15-20)31(33)34)23(16-28)27(29-18)35-17-19-9-4-2-5-10-19/h2-15,25,29H,17H2,1H3,(H,30,32)/t25-/m0/s1. The lowest BCUT2D eigenvalue weighted by molar-refractivity contribution is -0.384. The molecule has 1 aliphatic heterocycles. The molecule has 1 aliphatic rings. The highest BCUT2D eigenvalue weighted by Gasteiger charge is 2.35. The number of hydrogen-bond donors (Lipinski definition) is 2. The van der Waals surface area contributed by atoms with Crippen molar-refractivity contribution in [3.63, 3.8) is 0 Å². The molecule has 1 atom stereocenters. The second kappa shape index (κ2) is 10.7. The SMILES string of the molecule is CC1=C(C(=O)Nc2ccccc2)[C@@H](c2cccc([N+](=O)[O-])c2)C(C#N)=C(SCc2ccccc2)N1. The number of anilines is 1. The van der Waals surface area contributed by atoms with Gasteiger partial charge in [0.2, 0.25) is 0 Å². The summed E-state index contributed by atoms with van der Waals surface area (Å²) in [6.07, 6.45) is 0. The molecule has 0 unspecified atom stereocenters. The minimum absolute atomic E-state index is 0.0997. The number of nitro benzene ring substituents is 1. The first-order valence-electron chi connectivity index (χ1n) is 10.9. The summed E-state index contributed by atoms with van der Waals surface area (Å²) in [4.78, 5) is 24.4. The Hall–Kier alpha value is -4.35. The van der Waals surface area contributed by atoms with Gasteiger partial charge in [0.05, 0.1) is 27.5 Å². The Labute approximate surface area is 207 Å². The quantitative estimate of drug-likeness (QED) is 0.322. The Bertz CT molecular complexity index is 1360. The maximum atomic E-state index is 13.4. The van der Waals surface area contributed by atoms with E-state index in [4.69, 9.17) is 0 Å². The minimum Gasteiger partial charge on any atom is -0.353 e. The van der Waals surface area contributed by atoms with Gasteiger partial charge in [-0.3, -0.25) is 14.9 Å². The summed E-state index contributed by atoms with van der Waals surface area (Å²) in [6, 6.07) is 27.2. The Kier molecular flexibility index (Phi) is 7.29. The number of benzene rings is 3. The number of nitro groups is 1. The van der Waals surface area contributed by atoms with Gasteiger partial charge in [0, 0.05) is 34.8 Å². The summed E-state index contributed by atoms with van der Waals surface area (Å²) in [5.74, 6) is -0.518. The molecule has 0 fully saturated rings. The zero-order valence-electron chi connectivity index (χ0n) is 18.9. The summed E-state index contributed by atoms with van der Waals surface area (Å²) >= 11 is 1.46. The van der Waals surface area contributed by atoms with Crippen molar-refractivity contribution in [2.45, 2.75) is 18.6 Å². The van der Waals surface area contributed by atoms with Crippen LogP contribution in [0.2, 0.25) is 0 Å². The lowest BCUT2D eigenvalue weighted by Crippen LogP contribution is -2.30. The van der Waals surface area contributed by atoms with Crippen LogP contribution in [0.1, 0.15) is 24.0 Å². The second-order valence-corrected chi connectivity index (χ2v) is 8.88.